The van der Waals surface area contributed by atoms with Gasteiger partial charge in [0.2, 0.25) is 0 Å². The van der Waals surface area contributed by atoms with Gasteiger partial charge in [-0.25, -0.2) is 14.2 Å². The molecule has 4 heterocycles. The average Bonchev–Trinajstić information content (AvgIpc) is 3.27. The van der Waals surface area contributed by atoms with Crippen LogP contribution >= 0.6 is 11.6 Å². The van der Waals surface area contributed by atoms with Crippen molar-refractivity contribution in [2.24, 2.45) is 0 Å². The van der Waals surface area contributed by atoms with Crippen molar-refractivity contribution in [2.75, 3.05) is 19.7 Å². The van der Waals surface area contributed by atoms with Gasteiger partial charge in [0, 0.05) is 32.0 Å². The number of rotatable bonds is 10. The second-order valence-corrected chi connectivity index (χ2v) is 10.8. The van der Waals surface area contributed by atoms with Crippen LogP contribution in [0, 0.1) is 5.82 Å². The zero-order chi connectivity index (χ0) is 28.3. The fourth-order valence-electron chi connectivity index (χ4n) is 5.19. The number of carboxylic acid groups (broad SMARTS) is 1. The molecular weight excluding hydrogens is 551 g/mol. The number of nitrogens with zero attached hydrogens (tertiary/aromatic N) is 4. The van der Waals surface area contributed by atoms with E-state index in [1.165, 1.54) is 18.2 Å². The van der Waals surface area contributed by atoms with Crippen LogP contribution in [-0.2, 0) is 24.4 Å². The van der Waals surface area contributed by atoms with Crippen molar-refractivity contribution in [3.63, 3.8) is 0 Å². The molecule has 0 spiro atoms. The number of aromatic carboxylic acids is 1. The van der Waals surface area contributed by atoms with Crippen LogP contribution in [-0.4, -0.2) is 62.4 Å². The zero-order valence-corrected chi connectivity index (χ0v) is 23.1. The quantitative estimate of drug-likeness (QED) is 0.269. The number of ether oxygens (including phenoxy) is 3. The van der Waals surface area contributed by atoms with Crippen LogP contribution in [0.5, 0.6) is 11.5 Å². The number of fused-ring (bicyclic) bond motifs is 1. The fraction of sp³-hybridized carbons (Fsp3) is 0.367. The Labute approximate surface area is 241 Å². The Morgan fingerprint density at radius 2 is 1.95 bits per heavy atom. The SMILES string of the molecule is O=C(O)c1ccc2nc(CN3CCC(Oc4ccnc(COc5ccc(F)cc5Cl)c4)CC3)n(C[C@@H]3CCO3)c2c1. The summed E-state index contributed by atoms with van der Waals surface area (Å²) in [5.41, 5.74) is 2.55. The summed E-state index contributed by atoms with van der Waals surface area (Å²) >= 11 is 6.05. The molecule has 4 aromatic rings. The van der Waals surface area contributed by atoms with Crippen molar-refractivity contribution < 1.29 is 28.5 Å². The first-order valence-corrected chi connectivity index (χ1v) is 14.0. The molecule has 0 amide bonds. The molecule has 9 nitrogen and oxygen atoms in total. The van der Waals surface area contributed by atoms with Gasteiger partial charge in [-0.05, 0) is 61.7 Å². The molecule has 0 aliphatic carbocycles. The van der Waals surface area contributed by atoms with E-state index >= 15 is 0 Å². The van der Waals surface area contributed by atoms with E-state index in [4.69, 9.17) is 30.8 Å². The van der Waals surface area contributed by atoms with Crippen molar-refractivity contribution in [3.05, 3.63) is 82.6 Å². The lowest BCUT2D eigenvalue weighted by Gasteiger charge is -2.32. The predicted octanol–water partition coefficient (Wildman–Crippen LogP) is 5.33. The van der Waals surface area contributed by atoms with E-state index < -0.39 is 11.8 Å². The molecule has 2 aliphatic rings. The summed E-state index contributed by atoms with van der Waals surface area (Å²) in [5, 5.41) is 9.69. The maximum atomic E-state index is 13.3. The molecule has 41 heavy (non-hydrogen) atoms. The predicted molar refractivity (Wildman–Crippen MR) is 150 cm³/mol. The number of pyridine rings is 1. The van der Waals surface area contributed by atoms with Gasteiger partial charge in [0.15, 0.2) is 0 Å². The van der Waals surface area contributed by atoms with Gasteiger partial charge in [-0.2, -0.15) is 0 Å². The van der Waals surface area contributed by atoms with Gasteiger partial charge < -0.3 is 23.9 Å². The molecule has 6 rings (SSSR count). The van der Waals surface area contributed by atoms with Crippen molar-refractivity contribution in [1.82, 2.24) is 19.4 Å². The molecule has 0 radical (unpaired) electrons. The average molecular weight is 581 g/mol. The fourth-order valence-corrected chi connectivity index (χ4v) is 5.41. The summed E-state index contributed by atoms with van der Waals surface area (Å²) < 4.78 is 33.1. The standard InChI is InChI=1S/C30H30ClFN4O5/c31-25-14-20(32)2-4-28(25)40-18-21-15-23(5-9-33-21)41-22-6-10-35(11-7-22)17-29-34-26-3-1-19(30(37)38)13-27(26)36(29)16-24-8-12-39-24/h1-5,9,13-15,22,24H,6-8,10-12,16-18H2,(H,37,38)/t24-/m0/s1. The maximum absolute atomic E-state index is 13.3. The third-order valence-corrected chi connectivity index (χ3v) is 7.81. The van der Waals surface area contributed by atoms with Crippen LogP contribution in [0.2, 0.25) is 5.02 Å². The van der Waals surface area contributed by atoms with Crippen molar-refractivity contribution in [2.45, 2.75) is 51.2 Å². The Balaban J connectivity index is 1.06. The Morgan fingerprint density at radius 1 is 1.12 bits per heavy atom. The van der Waals surface area contributed by atoms with Gasteiger partial charge in [-0.15, -0.1) is 0 Å². The lowest BCUT2D eigenvalue weighted by atomic mass is 10.1. The van der Waals surface area contributed by atoms with E-state index in [-0.39, 0.29) is 29.4 Å². The first-order valence-electron chi connectivity index (χ1n) is 13.7. The molecule has 2 aromatic heterocycles. The van der Waals surface area contributed by atoms with Gasteiger partial charge in [0.25, 0.3) is 0 Å². The Bertz CT molecular complexity index is 1550. The van der Waals surface area contributed by atoms with E-state index in [1.807, 2.05) is 12.1 Å². The number of carboxylic acids is 1. The number of aromatic nitrogens is 3. The number of piperidine rings is 1. The monoisotopic (exact) mass is 580 g/mol. The molecule has 0 bridgehead atoms. The molecule has 0 unspecified atom stereocenters. The Morgan fingerprint density at radius 3 is 2.68 bits per heavy atom. The van der Waals surface area contributed by atoms with Crippen LogP contribution in [0.1, 0.15) is 41.1 Å². The first-order chi connectivity index (χ1) is 19.9. The van der Waals surface area contributed by atoms with Gasteiger partial charge in [-0.1, -0.05) is 11.6 Å². The molecule has 1 atom stereocenters. The topological polar surface area (TPSA) is 98.9 Å². The minimum absolute atomic E-state index is 0.0641. The summed E-state index contributed by atoms with van der Waals surface area (Å²) in [6.45, 7) is 3.96. The molecule has 2 aromatic carbocycles. The number of benzene rings is 2. The summed E-state index contributed by atoms with van der Waals surface area (Å²) in [6, 6.07) is 12.8. The van der Waals surface area contributed by atoms with Crippen LogP contribution in [0.15, 0.2) is 54.7 Å². The Hall–Kier alpha value is -3.73. The van der Waals surface area contributed by atoms with Gasteiger partial charge >= 0.3 is 5.97 Å². The van der Waals surface area contributed by atoms with Crippen molar-refractivity contribution >= 4 is 28.6 Å². The lowest BCUT2D eigenvalue weighted by molar-refractivity contribution is -0.0592. The summed E-state index contributed by atoms with van der Waals surface area (Å²) in [5.74, 6) is 0.660. The number of hydrogen-bond acceptors (Lipinski definition) is 7. The first kappa shape index (κ1) is 27.4. The lowest BCUT2D eigenvalue weighted by Crippen LogP contribution is -2.39. The largest absolute Gasteiger partial charge is 0.490 e. The third kappa shape index (κ3) is 6.45. The second kappa shape index (κ2) is 12.0. The van der Waals surface area contributed by atoms with E-state index in [9.17, 15) is 14.3 Å². The van der Waals surface area contributed by atoms with Gasteiger partial charge in [0.1, 0.15) is 35.9 Å². The van der Waals surface area contributed by atoms with E-state index in [0.717, 1.165) is 61.6 Å². The van der Waals surface area contributed by atoms with Gasteiger partial charge in [-0.3, -0.25) is 9.88 Å². The highest BCUT2D eigenvalue weighted by molar-refractivity contribution is 6.32. The number of imidazole rings is 1. The van der Waals surface area contributed by atoms with Crippen molar-refractivity contribution in [1.29, 1.82) is 0 Å². The highest BCUT2D eigenvalue weighted by Gasteiger charge is 2.26. The number of likely N-dealkylation sites (tertiary alicyclic amines) is 1. The van der Waals surface area contributed by atoms with E-state index in [0.29, 0.717) is 24.5 Å². The van der Waals surface area contributed by atoms with Gasteiger partial charge in [0.05, 0.1) is 46.5 Å². The number of halogens is 2. The third-order valence-electron chi connectivity index (χ3n) is 7.51. The minimum Gasteiger partial charge on any atom is -0.490 e. The maximum Gasteiger partial charge on any atom is 0.335 e. The molecule has 0 saturated carbocycles. The molecule has 214 valence electrons. The van der Waals surface area contributed by atoms with Crippen molar-refractivity contribution in [3.8, 4) is 11.5 Å². The van der Waals surface area contributed by atoms with E-state index in [2.05, 4.69) is 14.5 Å². The van der Waals surface area contributed by atoms with Crippen LogP contribution in [0.3, 0.4) is 0 Å². The smallest absolute Gasteiger partial charge is 0.335 e. The Kier molecular flexibility index (Phi) is 8.04. The van der Waals surface area contributed by atoms with Crippen LogP contribution in [0.25, 0.3) is 11.0 Å². The summed E-state index contributed by atoms with van der Waals surface area (Å²) in [7, 11) is 0. The molecular formula is C30H30ClFN4O5. The van der Waals surface area contributed by atoms with E-state index in [1.54, 1.807) is 24.4 Å². The summed E-state index contributed by atoms with van der Waals surface area (Å²) in [4.78, 5) is 23.1. The minimum atomic E-state index is -0.950. The molecule has 11 heteroatoms. The molecule has 2 fully saturated rings. The highest BCUT2D eigenvalue weighted by atomic mass is 35.5. The molecule has 2 saturated heterocycles. The second-order valence-electron chi connectivity index (χ2n) is 10.4. The number of hydrogen-bond donors (Lipinski definition) is 1. The normalized spacial score (nSPS) is 17.9. The molecule has 1 N–H and O–H groups in total. The number of carbonyl (C=O) groups is 1. The van der Waals surface area contributed by atoms with Crippen LogP contribution < -0.4 is 9.47 Å². The van der Waals surface area contributed by atoms with Crippen LogP contribution in [0.4, 0.5) is 4.39 Å². The molecule has 2 aliphatic heterocycles. The summed E-state index contributed by atoms with van der Waals surface area (Å²) in [6.07, 6.45) is 4.57. The highest BCUT2D eigenvalue weighted by Crippen LogP contribution is 2.27. The zero-order valence-electron chi connectivity index (χ0n) is 22.3.